The molecule has 2 aromatic heterocycles. The number of nitrogens with zero attached hydrogens (tertiary/aromatic N) is 3. The number of H-pyrrole nitrogens is 1. The third-order valence-corrected chi connectivity index (χ3v) is 9.80. The summed E-state index contributed by atoms with van der Waals surface area (Å²) >= 11 is 0. The summed E-state index contributed by atoms with van der Waals surface area (Å²) < 4.78 is 26.0. The second-order valence-corrected chi connectivity index (χ2v) is 13.1. The number of fused-ring (bicyclic) bond motifs is 1. The lowest BCUT2D eigenvalue weighted by Crippen LogP contribution is -2.47. The van der Waals surface area contributed by atoms with Gasteiger partial charge in [0.1, 0.15) is 0 Å². The average Bonchev–Trinajstić information content (AvgIpc) is 3.24. The van der Waals surface area contributed by atoms with Crippen LogP contribution in [-0.4, -0.2) is 65.4 Å². The van der Waals surface area contributed by atoms with Crippen molar-refractivity contribution in [2.24, 2.45) is 0 Å². The molecule has 1 aromatic carbocycles. The number of rotatable bonds is 5. The first-order chi connectivity index (χ1) is 17.6. The van der Waals surface area contributed by atoms with Crippen LogP contribution < -0.4 is 0 Å². The zero-order valence-corrected chi connectivity index (χ0v) is 23.2. The molecule has 2 aliphatic rings. The SMILES string of the molecule is Cc1cc(-c2[nH]c3ccc(C4CCN(C(=O)CN5CCCCS5(=O)=O)CC4)cc3c2C(C)C)cc(C)n1. The highest BCUT2D eigenvalue weighted by molar-refractivity contribution is 7.89. The summed E-state index contributed by atoms with van der Waals surface area (Å²) in [6.45, 7) is 10.3. The van der Waals surface area contributed by atoms with Crippen LogP contribution in [0.4, 0.5) is 0 Å². The molecule has 0 bridgehead atoms. The molecule has 0 atom stereocenters. The van der Waals surface area contributed by atoms with E-state index in [-0.39, 0.29) is 18.2 Å². The van der Waals surface area contributed by atoms with Crippen LogP contribution in [0.3, 0.4) is 0 Å². The Morgan fingerprint density at radius 2 is 1.76 bits per heavy atom. The molecule has 1 N–H and O–H groups in total. The van der Waals surface area contributed by atoms with Crippen LogP contribution in [-0.2, 0) is 14.8 Å². The highest BCUT2D eigenvalue weighted by atomic mass is 32.2. The number of likely N-dealkylation sites (tertiary alicyclic amines) is 1. The van der Waals surface area contributed by atoms with Crippen LogP contribution in [0.5, 0.6) is 0 Å². The Bertz CT molecular complexity index is 1400. The molecule has 7 nitrogen and oxygen atoms in total. The molecule has 0 aliphatic carbocycles. The molecule has 3 aromatic rings. The first-order valence-corrected chi connectivity index (χ1v) is 15.1. The lowest BCUT2D eigenvalue weighted by molar-refractivity contribution is -0.132. The fourth-order valence-corrected chi connectivity index (χ4v) is 7.56. The number of hydrogen-bond acceptors (Lipinski definition) is 4. The van der Waals surface area contributed by atoms with E-state index in [9.17, 15) is 13.2 Å². The summed E-state index contributed by atoms with van der Waals surface area (Å²) in [6.07, 6.45) is 3.30. The van der Waals surface area contributed by atoms with Gasteiger partial charge >= 0.3 is 0 Å². The van der Waals surface area contributed by atoms with E-state index in [0.717, 1.165) is 36.2 Å². The van der Waals surface area contributed by atoms with E-state index in [1.54, 1.807) is 0 Å². The third-order valence-electron chi connectivity index (χ3n) is 7.89. The Morgan fingerprint density at radius 3 is 2.41 bits per heavy atom. The summed E-state index contributed by atoms with van der Waals surface area (Å²) in [6, 6.07) is 11.0. The summed E-state index contributed by atoms with van der Waals surface area (Å²) in [5.41, 5.74) is 8.17. The number of carbonyl (C=O) groups excluding carboxylic acids is 1. The maximum atomic E-state index is 12.9. The predicted octanol–water partition coefficient (Wildman–Crippen LogP) is 5.10. The summed E-state index contributed by atoms with van der Waals surface area (Å²) in [4.78, 5) is 23.0. The van der Waals surface area contributed by atoms with Gasteiger partial charge in [-0.05, 0) is 86.8 Å². The molecule has 0 unspecified atom stereocenters. The number of aromatic nitrogens is 2. The molecule has 4 heterocycles. The fraction of sp³-hybridized carbons (Fsp3) is 0.517. The minimum atomic E-state index is -3.29. The Hall–Kier alpha value is -2.71. The number of aryl methyl sites for hydroxylation is 2. The highest BCUT2D eigenvalue weighted by Crippen LogP contribution is 2.38. The van der Waals surface area contributed by atoms with Crippen molar-refractivity contribution in [1.82, 2.24) is 19.2 Å². The fourth-order valence-electron chi connectivity index (χ4n) is 6.02. The van der Waals surface area contributed by atoms with Gasteiger partial charge in [-0.25, -0.2) is 8.42 Å². The van der Waals surface area contributed by atoms with Crippen molar-refractivity contribution < 1.29 is 13.2 Å². The van der Waals surface area contributed by atoms with E-state index in [2.05, 4.69) is 54.1 Å². The normalized spacial score (nSPS) is 19.1. The minimum absolute atomic E-state index is 0.0171. The zero-order valence-electron chi connectivity index (χ0n) is 22.4. The Labute approximate surface area is 220 Å². The molecule has 0 spiro atoms. The molecule has 0 saturated carbocycles. The number of aromatic amines is 1. The van der Waals surface area contributed by atoms with Gasteiger partial charge in [0, 0.05) is 47.5 Å². The maximum Gasteiger partial charge on any atom is 0.237 e. The number of amides is 1. The second kappa shape index (κ2) is 10.2. The van der Waals surface area contributed by atoms with E-state index in [0.29, 0.717) is 37.9 Å². The minimum Gasteiger partial charge on any atom is -0.354 e. The van der Waals surface area contributed by atoms with Gasteiger partial charge in [-0.2, -0.15) is 4.31 Å². The monoisotopic (exact) mass is 522 g/mol. The van der Waals surface area contributed by atoms with Gasteiger partial charge in [0.2, 0.25) is 15.9 Å². The van der Waals surface area contributed by atoms with Gasteiger partial charge in [-0.1, -0.05) is 19.9 Å². The van der Waals surface area contributed by atoms with Gasteiger partial charge in [-0.3, -0.25) is 9.78 Å². The van der Waals surface area contributed by atoms with Gasteiger partial charge in [-0.15, -0.1) is 0 Å². The molecule has 2 aliphatic heterocycles. The zero-order chi connectivity index (χ0) is 26.3. The van der Waals surface area contributed by atoms with Crippen molar-refractivity contribution in [2.75, 3.05) is 31.9 Å². The van der Waals surface area contributed by atoms with Crippen molar-refractivity contribution in [2.45, 2.75) is 65.2 Å². The number of nitrogens with one attached hydrogen (secondary N) is 1. The predicted molar refractivity (Wildman–Crippen MR) is 148 cm³/mol. The summed E-state index contributed by atoms with van der Waals surface area (Å²) in [5, 5.41) is 1.27. The molecule has 0 radical (unpaired) electrons. The summed E-state index contributed by atoms with van der Waals surface area (Å²) in [5.74, 6) is 0.832. The number of hydrogen-bond donors (Lipinski definition) is 1. The largest absolute Gasteiger partial charge is 0.354 e. The first-order valence-electron chi connectivity index (χ1n) is 13.5. The molecule has 1 amide bonds. The molecule has 2 saturated heterocycles. The molecule has 5 rings (SSSR count). The Morgan fingerprint density at radius 1 is 1.05 bits per heavy atom. The van der Waals surface area contributed by atoms with Crippen LogP contribution in [0.1, 0.15) is 73.9 Å². The van der Waals surface area contributed by atoms with E-state index < -0.39 is 10.0 Å². The standard InChI is InChI=1S/C29H38N4O3S/c1-19(2)28-25-17-23(7-8-26(25)31-29(28)24-15-20(3)30-21(4)16-24)22-9-12-32(13-10-22)27(34)18-33-11-5-6-14-37(33,35)36/h7-8,15-17,19,22,31H,5-6,9-14,18H2,1-4H3. The van der Waals surface area contributed by atoms with Crippen molar-refractivity contribution in [1.29, 1.82) is 0 Å². The van der Waals surface area contributed by atoms with E-state index >= 15 is 0 Å². The molecular weight excluding hydrogens is 484 g/mol. The number of carbonyl (C=O) groups is 1. The lowest BCUT2D eigenvalue weighted by Gasteiger charge is -2.34. The molecule has 198 valence electrons. The van der Waals surface area contributed by atoms with Crippen molar-refractivity contribution in [3.8, 4) is 11.3 Å². The Balaban J connectivity index is 1.34. The molecule has 8 heteroatoms. The van der Waals surface area contributed by atoms with Crippen LogP contribution >= 0.6 is 0 Å². The van der Waals surface area contributed by atoms with Gasteiger partial charge in [0.25, 0.3) is 0 Å². The van der Waals surface area contributed by atoms with Crippen molar-refractivity contribution in [3.05, 3.63) is 52.8 Å². The van der Waals surface area contributed by atoms with Gasteiger partial charge < -0.3 is 9.88 Å². The van der Waals surface area contributed by atoms with Crippen molar-refractivity contribution in [3.63, 3.8) is 0 Å². The lowest BCUT2D eigenvalue weighted by atomic mass is 9.87. The van der Waals surface area contributed by atoms with Crippen LogP contribution in [0, 0.1) is 13.8 Å². The van der Waals surface area contributed by atoms with E-state index in [1.807, 2.05) is 18.7 Å². The van der Waals surface area contributed by atoms with Gasteiger partial charge in [0.05, 0.1) is 18.0 Å². The Kier molecular flexibility index (Phi) is 7.16. The molecular formula is C29H38N4O3S. The number of sulfonamides is 1. The number of pyridine rings is 1. The highest BCUT2D eigenvalue weighted by Gasteiger charge is 2.31. The smallest absolute Gasteiger partial charge is 0.237 e. The topological polar surface area (TPSA) is 86.4 Å². The van der Waals surface area contributed by atoms with Gasteiger partial charge in [0.15, 0.2) is 0 Å². The van der Waals surface area contributed by atoms with Crippen molar-refractivity contribution >= 4 is 26.8 Å². The van der Waals surface area contributed by atoms with Crippen LogP contribution in [0.25, 0.3) is 22.2 Å². The maximum absolute atomic E-state index is 12.9. The third kappa shape index (κ3) is 5.32. The first kappa shape index (κ1) is 25.9. The number of piperidine rings is 1. The van der Waals surface area contributed by atoms with Crippen LogP contribution in [0.15, 0.2) is 30.3 Å². The second-order valence-electron chi connectivity index (χ2n) is 11.0. The van der Waals surface area contributed by atoms with Crippen LogP contribution in [0.2, 0.25) is 0 Å². The average molecular weight is 523 g/mol. The van der Waals surface area contributed by atoms with E-state index in [1.165, 1.54) is 32.1 Å². The summed E-state index contributed by atoms with van der Waals surface area (Å²) in [7, 11) is -3.29. The molecule has 2 fully saturated rings. The molecule has 37 heavy (non-hydrogen) atoms. The number of benzene rings is 1. The van der Waals surface area contributed by atoms with E-state index in [4.69, 9.17) is 0 Å². The quantitative estimate of drug-likeness (QED) is 0.505.